The summed E-state index contributed by atoms with van der Waals surface area (Å²) < 4.78 is 39.8. The van der Waals surface area contributed by atoms with Gasteiger partial charge >= 0.3 is 6.18 Å². The fourth-order valence-corrected chi connectivity index (χ4v) is 4.37. The second-order valence-electron chi connectivity index (χ2n) is 7.52. The number of thiazole rings is 1. The molecular weight excluding hydrogens is 477 g/mol. The Kier molecular flexibility index (Phi) is 6.10. The quantitative estimate of drug-likeness (QED) is 0.424. The van der Waals surface area contributed by atoms with Crippen molar-refractivity contribution in [1.82, 2.24) is 24.6 Å². The average molecular weight is 495 g/mol. The number of aromatic nitrogens is 5. The van der Waals surface area contributed by atoms with E-state index in [0.717, 1.165) is 20.5 Å². The van der Waals surface area contributed by atoms with Crippen LogP contribution in [-0.2, 0) is 23.8 Å². The van der Waals surface area contributed by atoms with Crippen LogP contribution in [0.3, 0.4) is 0 Å². The molecule has 7 nitrogen and oxygen atoms in total. The third-order valence-corrected chi connectivity index (χ3v) is 6.37. The molecule has 0 radical (unpaired) electrons. The Bertz CT molecular complexity index is 1360. The van der Waals surface area contributed by atoms with E-state index in [0.29, 0.717) is 33.5 Å². The summed E-state index contributed by atoms with van der Waals surface area (Å²) in [4.78, 5) is 25.3. The summed E-state index contributed by atoms with van der Waals surface area (Å²) in [7, 11) is 0. The van der Waals surface area contributed by atoms with Gasteiger partial charge in [-0.1, -0.05) is 23.7 Å². The molecular formula is C21H18ClF3N6OS. The van der Waals surface area contributed by atoms with Crippen LogP contribution in [0.25, 0.3) is 5.78 Å². The molecule has 0 aliphatic rings. The van der Waals surface area contributed by atoms with Gasteiger partial charge < -0.3 is 5.32 Å². The molecule has 1 amide bonds. The van der Waals surface area contributed by atoms with Crippen molar-refractivity contribution in [1.29, 1.82) is 0 Å². The normalized spacial score (nSPS) is 11.8. The second-order valence-corrected chi connectivity index (χ2v) is 9.05. The summed E-state index contributed by atoms with van der Waals surface area (Å²) >= 11 is 7.52. The smallest absolute Gasteiger partial charge is 0.302 e. The first-order chi connectivity index (χ1) is 15.5. The van der Waals surface area contributed by atoms with Crippen LogP contribution < -0.4 is 5.32 Å². The molecule has 3 heterocycles. The predicted octanol–water partition coefficient (Wildman–Crippen LogP) is 4.95. The standard InChI is InChI=1S/C21H18ClF3N6OS/c1-10-4-5-13(7-16(10)22)6-14-9-26-20(33-14)28-17(32)8-15-11(2)27-19-29-18(21(23,24)25)30-31(19)12(15)3/h4-5,7,9H,6,8H2,1-3H3,(H,26,28,32). The molecule has 0 aliphatic carbocycles. The third kappa shape index (κ3) is 4.98. The number of amides is 1. The molecule has 0 saturated carbocycles. The van der Waals surface area contributed by atoms with Gasteiger partial charge in [0.05, 0.1) is 6.42 Å². The molecule has 4 rings (SSSR count). The fourth-order valence-electron chi connectivity index (χ4n) is 3.30. The number of carbonyl (C=O) groups is 1. The van der Waals surface area contributed by atoms with Gasteiger partial charge in [-0.25, -0.2) is 14.5 Å². The number of alkyl halides is 3. The Morgan fingerprint density at radius 3 is 2.67 bits per heavy atom. The van der Waals surface area contributed by atoms with Gasteiger partial charge in [-0.3, -0.25) is 4.79 Å². The number of hydrogen-bond donors (Lipinski definition) is 1. The number of fused-ring (bicyclic) bond motifs is 1. The minimum absolute atomic E-state index is 0.0930. The van der Waals surface area contributed by atoms with Crippen LogP contribution in [0.2, 0.25) is 5.02 Å². The lowest BCUT2D eigenvalue weighted by Crippen LogP contribution is -2.17. The van der Waals surface area contributed by atoms with E-state index in [2.05, 4.69) is 25.4 Å². The van der Waals surface area contributed by atoms with Crippen molar-refractivity contribution in [2.24, 2.45) is 0 Å². The van der Waals surface area contributed by atoms with Gasteiger partial charge in [0.15, 0.2) is 5.13 Å². The van der Waals surface area contributed by atoms with E-state index >= 15 is 0 Å². The van der Waals surface area contributed by atoms with Crippen LogP contribution in [0, 0.1) is 20.8 Å². The Balaban J connectivity index is 1.48. The first-order valence-corrected chi connectivity index (χ1v) is 11.0. The highest BCUT2D eigenvalue weighted by molar-refractivity contribution is 7.15. The number of rotatable bonds is 5. The molecule has 0 bridgehead atoms. The van der Waals surface area contributed by atoms with Crippen molar-refractivity contribution >= 4 is 39.8 Å². The summed E-state index contributed by atoms with van der Waals surface area (Å²) in [5.41, 5.74) is 3.28. The van der Waals surface area contributed by atoms with Gasteiger partial charge in [-0.05, 0) is 38.0 Å². The molecule has 0 unspecified atom stereocenters. The summed E-state index contributed by atoms with van der Waals surface area (Å²) in [6.07, 6.45) is -2.46. The van der Waals surface area contributed by atoms with Crippen molar-refractivity contribution in [2.45, 2.75) is 39.8 Å². The summed E-state index contributed by atoms with van der Waals surface area (Å²) in [5.74, 6) is -1.80. The molecule has 33 heavy (non-hydrogen) atoms. The summed E-state index contributed by atoms with van der Waals surface area (Å²) in [5, 5.41) is 7.36. The van der Waals surface area contributed by atoms with E-state index in [-0.39, 0.29) is 18.1 Å². The number of carbonyl (C=O) groups excluding carboxylic acids is 1. The van der Waals surface area contributed by atoms with Crippen LogP contribution in [-0.4, -0.2) is 30.5 Å². The van der Waals surface area contributed by atoms with Crippen LogP contribution in [0.4, 0.5) is 18.3 Å². The van der Waals surface area contributed by atoms with Crippen molar-refractivity contribution in [2.75, 3.05) is 5.32 Å². The van der Waals surface area contributed by atoms with Crippen molar-refractivity contribution in [3.8, 4) is 0 Å². The Morgan fingerprint density at radius 1 is 1.21 bits per heavy atom. The Morgan fingerprint density at radius 2 is 1.97 bits per heavy atom. The van der Waals surface area contributed by atoms with Crippen LogP contribution >= 0.6 is 22.9 Å². The molecule has 1 N–H and O–H groups in total. The minimum atomic E-state index is -4.68. The molecule has 12 heteroatoms. The zero-order valence-electron chi connectivity index (χ0n) is 17.8. The highest BCUT2D eigenvalue weighted by Gasteiger charge is 2.37. The number of aryl methyl sites for hydroxylation is 3. The molecule has 0 saturated heterocycles. The first kappa shape index (κ1) is 23.1. The van der Waals surface area contributed by atoms with E-state index in [1.807, 2.05) is 25.1 Å². The molecule has 172 valence electrons. The maximum atomic E-state index is 12.9. The van der Waals surface area contributed by atoms with Gasteiger partial charge in [-0.15, -0.1) is 16.4 Å². The van der Waals surface area contributed by atoms with Gasteiger partial charge in [0, 0.05) is 39.5 Å². The largest absolute Gasteiger partial charge is 0.453 e. The van der Waals surface area contributed by atoms with Gasteiger partial charge in [-0.2, -0.15) is 18.2 Å². The second kappa shape index (κ2) is 8.71. The highest BCUT2D eigenvalue weighted by atomic mass is 35.5. The van der Waals surface area contributed by atoms with Crippen LogP contribution in [0.5, 0.6) is 0 Å². The monoisotopic (exact) mass is 494 g/mol. The minimum Gasteiger partial charge on any atom is -0.302 e. The maximum absolute atomic E-state index is 12.9. The maximum Gasteiger partial charge on any atom is 0.453 e. The van der Waals surface area contributed by atoms with Crippen LogP contribution in [0.15, 0.2) is 24.4 Å². The average Bonchev–Trinajstić information content (AvgIpc) is 3.35. The number of benzene rings is 1. The summed E-state index contributed by atoms with van der Waals surface area (Å²) in [6, 6.07) is 5.84. The van der Waals surface area contributed by atoms with Crippen LogP contribution in [0.1, 0.15) is 38.8 Å². The number of hydrogen-bond acceptors (Lipinski definition) is 6. The lowest BCUT2D eigenvalue weighted by molar-refractivity contribution is -0.144. The number of anilines is 1. The molecule has 0 aliphatic heterocycles. The van der Waals surface area contributed by atoms with Gasteiger partial charge in [0.1, 0.15) is 0 Å². The zero-order valence-corrected chi connectivity index (χ0v) is 19.4. The molecule has 4 aromatic rings. The van der Waals surface area contributed by atoms with E-state index in [9.17, 15) is 18.0 Å². The lowest BCUT2D eigenvalue weighted by Gasteiger charge is -2.09. The number of nitrogens with one attached hydrogen (secondary N) is 1. The van der Waals surface area contributed by atoms with Gasteiger partial charge in [0.25, 0.3) is 11.6 Å². The SMILES string of the molecule is Cc1ccc(Cc2cnc(NC(=O)Cc3c(C)nc4nc(C(F)(F)F)nn4c3C)s2)cc1Cl. The van der Waals surface area contributed by atoms with Gasteiger partial charge in [0.2, 0.25) is 5.91 Å². The highest BCUT2D eigenvalue weighted by Crippen LogP contribution is 2.27. The van der Waals surface area contributed by atoms with Crippen molar-refractivity contribution in [3.05, 3.63) is 68.2 Å². The predicted molar refractivity (Wildman–Crippen MR) is 119 cm³/mol. The molecule has 3 aromatic heterocycles. The summed E-state index contributed by atoms with van der Waals surface area (Å²) in [6.45, 7) is 5.13. The van der Waals surface area contributed by atoms with E-state index in [1.165, 1.54) is 11.3 Å². The number of halogens is 4. The first-order valence-electron chi connectivity index (χ1n) is 9.81. The topological polar surface area (TPSA) is 85.1 Å². The Hall–Kier alpha value is -3.05. The molecule has 0 spiro atoms. The lowest BCUT2D eigenvalue weighted by atomic mass is 10.1. The van der Waals surface area contributed by atoms with E-state index in [1.54, 1.807) is 20.0 Å². The molecule has 1 aromatic carbocycles. The molecule has 0 fully saturated rings. The van der Waals surface area contributed by atoms with Crippen molar-refractivity contribution < 1.29 is 18.0 Å². The third-order valence-electron chi connectivity index (χ3n) is 5.05. The zero-order chi connectivity index (χ0) is 23.9. The molecule has 0 atom stereocenters. The number of nitrogens with zero attached hydrogens (tertiary/aromatic N) is 5. The van der Waals surface area contributed by atoms with E-state index < -0.39 is 12.0 Å². The Labute approximate surface area is 195 Å². The van der Waals surface area contributed by atoms with E-state index in [4.69, 9.17) is 11.6 Å². The van der Waals surface area contributed by atoms with Crippen molar-refractivity contribution in [3.63, 3.8) is 0 Å². The fraction of sp³-hybridized carbons (Fsp3) is 0.286.